The molecule has 1 aromatic rings. The molecule has 9 heteroatoms. The van der Waals surface area contributed by atoms with Crippen LogP contribution in [0, 0.1) is 0 Å². The van der Waals surface area contributed by atoms with Crippen molar-refractivity contribution in [3.05, 3.63) is 35.4 Å². The van der Waals surface area contributed by atoms with Gasteiger partial charge in [0.25, 0.3) is 11.8 Å². The van der Waals surface area contributed by atoms with Gasteiger partial charge in [-0.2, -0.15) is 13.2 Å². The average molecular weight is 383 g/mol. The van der Waals surface area contributed by atoms with Crippen molar-refractivity contribution in [2.45, 2.75) is 29.9 Å². The molecule has 0 bridgehead atoms. The van der Waals surface area contributed by atoms with Gasteiger partial charge < -0.3 is 10.2 Å². The van der Waals surface area contributed by atoms with Gasteiger partial charge in [-0.25, -0.2) is 0 Å². The van der Waals surface area contributed by atoms with E-state index < -0.39 is 22.5 Å². The summed E-state index contributed by atoms with van der Waals surface area (Å²) in [5, 5.41) is 2.68. The Morgan fingerprint density at radius 1 is 1.12 bits per heavy atom. The van der Waals surface area contributed by atoms with Gasteiger partial charge in [0, 0.05) is 24.7 Å². The fraction of sp³-hybridized carbons (Fsp3) is 0.467. The monoisotopic (exact) mass is 382 g/mol. The molecule has 1 aliphatic rings. The lowest BCUT2D eigenvalue weighted by Gasteiger charge is -2.32. The summed E-state index contributed by atoms with van der Waals surface area (Å²) in [5.41, 5.74) is -0.593. The summed E-state index contributed by atoms with van der Waals surface area (Å²) in [6, 6.07) is 3.99. The van der Waals surface area contributed by atoms with Crippen molar-refractivity contribution in [1.29, 1.82) is 0 Å². The van der Waals surface area contributed by atoms with Crippen molar-refractivity contribution >= 4 is 35.0 Å². The average Bonchev–Trinajstić information content (AvgIpc) is 2.54. The van der Waals surface area contributed by atoms with Gasteiger partial charge in [-0.05, 0) is 37.1 Å². The first kappa shape index (κ1) is 18.9. The zero-order valence-electron chi connectivity index (χ0n) is 12.4. The summed E-state index contributed by atoms with van der Waals surface area (Å²) in [5.74, 6) is -0.813. The molecule has 1 fully saturated rings. The predicted molar refractivity (Wildman–Crippen MR) is 84.0 cm³/mol. The number of piperidine rings is 1. The summed E-state index contributed by atoms with van der Waals surface area (Å²) in [4.78, 5) is 24.1. The predicted octanol–water partition coefficient (Wildman–Crippen LogP) is 3.23. The Morgan fingerprint density at radius 2 is 1.67 bits per heavy atom. The van der Waals surface area contributed by atoms with Gasteiger partial charge in [0.1, 0.15) is 0 Å². The van der Waals surface area contributed by atoms with E-state index >= 15 is 0 Å². The second-order valence-electron chi connectivity index (χ2n) is 5.45. The molecule has 1 aromatic carbocycles. The van der Waals surface area contributed by atoms with E-state index in [2.05, 4.69) is 5.32 Å². The summed E-state index contributed by atoms with van der Waals surface area (Å²) >= 11 is 10.9. The minimum absolute atomic E-state index is 0.130. The molecular formula is C15H15Cl2F3N2O2. The number of benzene rings is 1. The highest BCUT2D eigenvalue weighted by Crippen LogP contribution is 2.29. The van der Waals surface area contributed by atoms with Gasteiger partial charge >= 0.3 is 6.18 Å². The van der Waals surface area contributed by atoms with Crippen molar-refractivity contribution in [2.24, 2.45) is 0 Å². The number of hydrogen-bond donors (Lipinski definition) is 1. The standard InChI is InChI=1S/C15H15Cl2F3N2O2/c16-12(17)13(23)21-11-5-7-22(8-6-11)14(24)9-1-3-10(4-2-9)15(18,19)20/h1-4,11-12H,5-8H2,(H,21,23). The Morgan fingerprint density at radius 3 is 2.12 bits per heavy atom. The molecule has 0 spiro atoms. The lowest BCUT2D eigenvalue weighted by molar-refractivity contribution is -0.137. The first-order chi connectivity index (χ1) is 11.2. The molecule has 0 saturated carbocycles. The second kappa shape index (κ2) is 7.61. The Labute approximate surface area is 146 Å². The molecule has 1 heterocycles. The molecule has 132 valence electrons. The quantitative estimate of drug-likeness (QED) is 0.815. The molecule has 0 radical (unpaired) electrons. The number of rotatable bonds is 3. The highest BCUT2D eigenvalue weighted by atomic mass is 35.5. The Balaban J connectivity index is 1.92. The van der Waals surface area contributed by atoms with E-state index in [4.69, 9.17) is 23.2 Å². The van der Waals surface area contributed by atoms with E-state index in [0.717, 1.165) is 12.1 Å². The van der Waals surface area contributed by atoms with E-state index in [9.17, 15) is 22.8 Å². The number of likely N-dealkylation sites (tertiary alicyclic amines) is 1. The third-order valence-corrected chi connectivity index (χ3v) is 4.18. The van der Waals surface area contributed by atoms with E-state index in [0.29, 0.717) is 25.9 Å². The molecule has 0 aliphatic carbocycles. The maximum Gasteiger partial charge on any atom is 0.416 e. The van der Waals surface area contributed by atoms with Crippen LogP contribution in [-0.4, -0.2) is 40.7 Å². The number of carbonyl (C=O) groups is 2. The van der Waals surface area contributed by atoms with Crippen LogP contribution in [0.5, 0.6) is 0 Å². The van der Waals surface area contributed by atoms with Gasteiger partial charge in [-0.3, -0.25) is 9.59 Å². The molecule has 4 nitrogen and oxygen atoms in total. The van der Waals surface area contributed by atoms with Crippen LogP contribution in [0.3, 0.4) is 0 Å². The molecule has 1 saturated heterocycles. The maximum absolute atomic E-state index is 12.5. The van der Waals surface area contributed by atoms with E-state index in [1.54, 1.807) is 4.90 Å². The van der Waals surface area contributed by atoms with Gasteiger partial charge in [-0.1, -0.05) is 23.2 Å². The number of carbonyl (C=O) groups excluding carboxylic acids is 2. The zero-order chi connectivity index (χ0) is 17.9. The molecule has 0 aromatic heterocycles. The van der Waals surface area contributed by atoms with Gasteiger partial charge in [0.05, 0.1) is 5.56 Å². The van der Waals surface area contributed by atoms with Crippen LogP contribution in [0.2, 0.25) is 0 Å². The SMILES string of the molecule is O=C(NC1CCN(C(=O)c2ccc(C(F)(F)F)cc2)CC1)C(Cl)Cl. The van der Waals surface area contributed by atoms with Crippen molar-refractivity contribution in [2.75, 3.05) is 13.1 Å². The Kier molecular flexibility index (Phi) is 5.98. The van der Waals surface area contributed by atoms with E-state index in [1.807, 2.05) is 0 Å². The van der Waals surface area contributed by atoms with Gasteiger partial charge in [0.2, 0.25) is 0 Å². The summed E-state index contributed by atoms with van der Waals surface area (Å²) in [7, 11) is 0. The fourth-order valence-electron chi connectivity index (χ4n) is 2.48. The summed E-state index contributed by atoms with van der Waals surface area (Å²) in [6.07, 6.45) is -3.38. The molecule has 24 heavy (non-hydrogen) atoms. The highest BCUT2D eigenvalue weighted by Gasteiger charge is 2.31. The van der Waals surface area contributed by atoms with Crippen molar-refractivity contribution < 1.29 is 22.8 Å². The van der Waals surface area contributed by atoms with Gasteiger partial charge in [-0.15, -0.1) is 0 Å². The fourth-order valence-corrected chi connectivity index (χ4v) is 2.60. The van der Waals surface area contributed by atoms with Crippen LogP contribution in [0.1, 0.15) is 28.8 Å². The molecule has 2 rings (SSSR count). The van der Waals surface area contributed by atoms with Crippen LogP contribution < -0.4 is 5.32 Å². The van der Waals surface area contributed by atoms with Crippen molar-refractivity contribution in [1.82, 2.24) is 10.2 Å². The van der Waals surface area contributed by atoms with Crippen molar-refractivity contribution in [3.63, 3.8) is 0 Å². The molecule has 1 N–H and O–H groups in total. The maximum atomic E-state index is 12.5. The van der Waals surface area contributed by atoms with Crippen LogP contribution in [0.4, 0.5) is 13.2 Å². The number of nitrogens with zero attached hydrogens (tertiary/aromatic N) is 1. The summed E-state index contributed by atoms with van der Waals surface area (Å²) < 4.78 is 37.6. The van der Waals surface area contributed by atoms with E-state index in [1.165, 1.54) is 12.1 Å². The van der Waals surface area contributed by atoms with Crippen LogP contribution in [-0.2, 0) is 11.0 Å². The summed E-state index contributed by atoms with van der Waals surface area (Å²) in [6.45, 7) is 0.778. The number of halogens is 5. The molecule has 0 atom stereocenters. The largest absolute Gasteiger partial charge is 0.416 e. The minimum atomic E-state index is -4.43. The second-order valence-corrected chi connectivity index (χ2v) is 6.55. The number of alkyl halides is 5. The lowest BCUT2D eigenvalue weighted by Crippen LogP contribution is -2.47. The normalized spacial score (nSPS) is 16.3. The van der Waals surface area contributed by atoms with Crippen molar-refractivity contribution in [3.8, 4) is 0 Å². The smallest absolute Gasteiger partial charge is 0.351 e. The lowest BCUT2D eigenvalue weighted by atomic mass is 10.0. The third-order valence-electron chi connectivity index (χ3n) is 3.79. The van der Waals surface area contributed by atoms with Crippen LogP contribution in [0.15, 0.2) is 24.3 Å². The van der Waals surface area contributed by atoms with Gasteiger partial charge in [0.15, 0.2) is 4.84 Å². The van der Waals surface area contributed by atoms with E-state index in [-0.39, 0.29) is 17.5 Å². The first-order valence-corrected chi connectivity index (χ1v) is 8.11. The number of nitrogens with one attached hydrogen (secondary N) is 1. The van der Waals surface area contributed by atoms with Crippen LogP contribution >= 0.6 is 23.2 Å². The zero-order valence-corrected chi connectivity index (χ0v) is 14.0. The Bertz CT molecular complexity index is 598. The first-order valence-electron chi connectivity index (χ1n) is 7.23. The number of hydrogen-bond acceptors (Lipinski definition) is 2. The molecular weight excluding hydrogens is 368 g/mol. The minimum Gasteiger partial charge on any atom is -0.351 e. The molecule has 2 amide bonds. The molecule has 1 aliphatic heterocycles. The third kappa shape index (κ3) is 4.77. The number of amides is 2. The van der Waals surface area contributed by atoms with Crippen LogP contribution in [0.25, 0.3) is 0 Å². The topological polar surface area (TPSA) is 49.4 Å². The highest BCUT2D eigenvalue weighted by molar-refractivity contribution is 6.53. The molecule has 0 unspecified atom stereocenters. The Hall–Kier alpha value is -1.47.